The highest BCUT2D eigenvalue weighted by molar-refractivity contribution is 7.85. The van der Waals surface area contributed by atoms with Crippen LogP contribution in [-0.4, -0.2) is 73.0 Å². The molecule has 0 amide bonds. The van der Waals surface area contributed by atoms with Gasteiger partial charge >= 0.3 is 0 Å². The second-order valence-electron chi connectivity index (χ2n) is 8.82. The first kappa shape index (κ1) is 33.4. The molecule has 0 saturated heterocycles. The maximum Gasteiger partial charge on any atom is 0.279 e. The van der Waals surface area contributed by atoms with Gasteiger partial charge in [-0.3, -0.25) is 8.75 Å². The SMILES string of the molecule is CCOP(=O)(c1ccccc1)c1cc(C#Cc2ccc(OCCOCCOCCOC)cc2)cc(COS(C)(=O)=O)n1. The van der Waals surface area contributed by atoms with Crippen LogP contribution in [0.3, 0.4) is 0 Å². The molecule has 1 heterocycles. The molecule has 0 aliphatic heterocycles. The second-order valence-corrected chi connectivity index (χ2v) is 12.8. The summed E-state index contributed by atoms with van der Waals surface area (Å²) in [7, 11) is -5.69. The van der Waals surface area contributed by atoms with Gasteiger partial charge in [0.25, 0.3) is 17.5 Å². The Morgan fingerprint density at radius 2 is 1.48 bits per heavy atom. The van der Waals surface area contributed by atoms with E-state index in [9.17, 15) is 13.0 Å². The molecule has 0 aliphatic carbocycles. The maximum atomic E-state index is 14.1. The van der Waals surface area contributed by atoms with E-state index in [0.29, 0.717) is 56.3 Å². The van der Waals surface area contributed by atoms with Gasteiger partial charge in [0.2, 0.25) is 0 Å². The monoisotopic (exact) mass is 617 g/mol. The molecular formula is C30H36NO9PS. The predicted molar refractivity (Wildman–Crippen MR) is 160 cm³/mol. The summed E-state index contributed by atoms with van der Waals surface area (Å²) in [5, 5.41) is 0.468. The lowest BCUT2D eigenvalue weighted by molar-refractivity contribution is 0.0180. The van der Waals surface area contributed by atoms with Crippen LogP contribution in [0.2, 0.25) is 0 Å². The summed E-state index contributed by atoms with van der Waals surface area (Å²) < 4.78 is 69.5. The van der Waals surface area contributed by atoms with E-state index in [1.807, 2.05) is 18.2 Å². The van der Waals surface area contributed by atoms with Crippen LogP contribution < -0.4 is 15.5 Å². The van der Waals surface area contributed by atoms with Gasteiger partial charge in [0, 0.05) is 23.5 Å². The summed E-state index contributed by atoms with van der Waals surface area (Å²) >= 11 is 0. The molecule has 226 valence electrons. The van der Waals surface area contributed by atoms with Gasteiger partial charge in [-0.2, -0.15) is 8.42 Å². The minimum atomic E-state index is -3.73. The normalized spacial score (nSPS) is 12.7. The molecule has 10 nitrogen and oxygen atoms in total. The first-order chi connectivity index (χ1) is 20.2. The van der Waals surface area contributed by atoms with Crippen molar-refractivity contribution in [3.05, 3.63) is 83.6 Å². The fourth-order valence-electron chi connectivity index (χ4n) is 3.58. The Morgan fingerprint density at radius 1 is 0.833 bits per heavy atom. The summed E-state index contributed by atoms with van der Waals surface area (Å²) in [4.78, 5) is 4.45. The Kier molecular flexibility index (Phi) is 13.6. The number of hydrogen-bond acceptors (Lipinski definition) is 10. The average molecular weight is 618 g/mol. The van der Waals surface area contributed by atoms with E-state index >= 15 is 0 Å². The van der Waals surface area contributed by atoms with Gasteiger partial charge in [0.05, 0.1) is 51.6 Å². The molecule has 0 fully saturated rings. The third-order valence-corrected chi connectivity index (χ3v) is 8.48. The molecule has 2 aromatic carbocycles. The topological polar surface area (TPSA) is 119 Å². The number of aromatic nitrogens is 1. The predicted octanol–water partition coefficient (Wildman–Crippen LogP) is 3.28. The van der Waals surface area contributed by atoms with E-state index in [2.05, 4.69) is 16.8 Å². The molecule has 1 unspecified atom stereocenters. The second kappa shape index (κ2) is 17.1. The minimum Gasteiger partial charge on any atom is -0.491 e. The smallest absolute Gasteiger partial charge is 0.279 e. The molecule has 0 N–H and O–H groups in total. The Hall–Kier alpha value is -3.07. The highest BCUT2D eigenvalue weighted by Crippen LogP contribution is 2.44. The van der Waals surface area contributed by atoms with Gasteiger partial charge < -0.3 is 23.5 Å². The zero-order chi connectivity index (χ0) is 30.3. The Balaban J connectivity index is 1.73. The van der Waals surface area contributed by atoms with Crippen LogP contribution in [0.4, 0.5) is 0 Å². The van der Waals surface area contributed by atoms with Crippen LogP contribution >= 0.6 is 7.37 Å². The van der Waals surface area contributed by atoms with Gasteiger partial charge in [-0.1, -0.05) is 30.0 Å². The third-order valence-electron chi connectivity index (χ3n) is 5.50. The number of benzene rings is 2. The van der Waals surface area contributed by atoms with E-state index in [4.69, 9.17) is 27.7 Å². The highest BCUT2D eigenvalue weighted by Gasteiger charge is 2.30. The number of pyridine rings is 1. The number of hydrogen-bond donors (Lipinski definition) is 0. The van der Waals surface area contributed by atoms with Crippen LogP contribution in [0.1, 0.15) is 23.7 Å². The molecule has 0 saturated carbocycles. The molecule has 1 aromatic heterocycles. The fraction of sp³-hybridized carbons (Fsp3) is 0.367. The standard InChI is InChI=1S/C30H36NO9PS/c1-4-39-41(32,29-8-6-5-7-9-29)30-23-26(22-27(31-30)24-40-42(3,33)34)11-10-25-12-14-28(15-13-25)38-21-20-37-19-18-36-17-16-35-2/h5-9,12-15,22-23H,4,16-21,24H2,1-3H3. The van der Waals surface area contributed by atoms with E-state index < -0.39 is 17.5 Å². The van der Waals surface area contributed by atoms with E-state index in [-0.39, 0.29) is 24.3 Å². The van der Waals surface area contributed by atoms with Crippen LogP contribution in [0.25, 0.3) is 0 Å². The lowest BCUT2D eigenvalue weighted by Crippen LogP contribution is -2.23. The molecule has 42 heavy (non-hydrogen) atoms. The van der Waals surface area contributed by atoms with Crippen molar-refractivity contribution in [1.82, 2.24) is 4.98 Å². The lowest BCUT2D eigenvalue weighted by Gasteiger charge is -2.18. The van der Waals surface area contributed by atoms with Gasteiger partial charge in [-0.15, -0.1) is 0 Å². The quantitative estimate of drug-likeness (QED) is 0.0966. The first-order valence-corrected chi connectivity index (χ1v) is 16.7. The zero-order valence-electron chi connectivity index (χ0n) is 24.0. The van der Waals surface area contributed by atoms with Crippen molar-refractivity contribution in [2.75, 3.05) is 59.6 Å². The van der Waals surface area contributed by atoms with Crippen molar-refractivity contribution in [3.8, 4) is 17.6 Å². The van der Waals surface area contributed by atoms with Crippen molar-refractivity contribution in [2.45, 2.75) is 13.5 Å². The summed E-state index contributed by atoms with van der Waals surface area (Å²) in [6, 6.07) is 19.2. The average Bonchev–Trinajstić information content (AvgIpc) is 2.99. The van der Waals surface area contributed by atoms with Crippen molar-refractivity contribution in [2.24, 2.45) is 0 Å². The van der Waals surface area contributed by atoms with Crippen molar-refractivity contribution < 1.29 is 40.6 Å². The molecular weight excluding hydrogens is 581 g/mol. The first-order valence-electron chi connectivity index (χ1n) is 13.3. The maximum absolute atomic E-state index is 14.1. The third kappa shape index (κ3) is 11.3. The van der Waals surface area contributed by atoms with E-state index in [1.54, 1.807) is 62.6 Å². The van der Waals surface area contributed by atoms with Crippen LogP contribution in [0.5, 0.6) is 5.75 Å². The summed E-state index contributed by atoms with van der Waals surface area (Å²) in [6.07, 6.45) is 0.952. The number of rotatable bonds is 17. The van der Waals surface area contributed by atoms with Crippen LogP contribution in [-0.2, 0) is 44.2 Å². The molecule has 0 bridgehead atoms. The number of ether oxygens (including phenoxy) is 4. The molecule has 3 rings (SSSR count). The van der Waals surface area contributed by atoms with Gasteiger partial charge in [-0.25, -0.2) is 4.98 Å². The van der Waals surface area contributed by atoms with Gasteiger partial charge in [-0.05, 0) is 55.5 Å². The number of nitrogens with zero attached hydrogens (tertiary/aromatic N) is 1. The molecule has 3 aromatic rings. The Bertz CT molecular complexity index is 1470. The summed E-state index contributed by atoms with van der Waals surface area (Å²) in [5.41, 5.74) is 1.61. The molecule has 1 atom stereocenters. The molecule has 0 radical (unpaired) electrons. The Labute approximate surface area is 247 Å². The van der Waals surface area contributed by atoms with Gasteiger partial charge in [0.15, 0.2) is 0 Å². The van der Waals surface area contributed by atoms with Gasteiger partial charge in [0.1, 0.15) is 24.4 Å². The summed E-state index contributed by atoms with van der Waals surface area (Å²) in [5.74, 6) is 6.80. The lowest BCUT2D eigenvalue weighted by atomic mass is 10.2. The summed E-state index contributed by atoms with van der Waals surface area (Å²) in [6.45, 7) is 4.48. The molecule has 0 aliphatic rings. The van der Waals surface area contributed by atoms with Crippen molar-refractivity contribution in [3.63, 3.8) is 0 Å². The van der Waals surface area contributed by atoms with Crippen molar-refractivity contribution >= 4 is 28.2 Å². The zero-order valence-corrected chi connectivity index (χ0v) is 25.7. The molecule has 0 spiro atoms. The highest BCUT2D eigenvalue weighted by atomic mass is 32.2. The number of methoxy groups -OCH3 is 1. The fourth-order valence-corrected chi connectivity index (χ4v) is 5.95. The van der Waals surface area contributed by atoms with E-state index in [1.165, 1.54) is 0 Å². The van der Waals surface area contributed by atoms with Crippen LogP contribution in [0.15, 0.2) is 66.7 Å². The minimum absolute atomic E-state index is 0.155. The molecule has 12 heteroatoms. The van der Waals surface area contributed by atoms with Crippen LogP contribution in [0, 0.1) is 11.8 Å². The largest absolute Gasteiger partial charge is 0.491 e. The van der Waals surface area contributed by atoms with E-state index in [0.717, 1.165) is 11.8 Å². The Morgan fingerprint density at radius 3 is 2.12 bits per heavy atom. The van der Waals surface area contributed by atoms with Crippen molar-refractivity contribution in [1.29, 1.82) is 0 Å².